The van der Waals surface area contributed by atoms with Crippen LogP contribution < -0.4 is 11.1 Å². The Kier molecular flexibility index (Phi) is 6.05. The van der Waals surface area contributed by atoms with Crippen molar-refractivity contribution in [3.05, 3.63) is 29.3 Å². The van der Waals surface area contributed by atoms with Gasteiger partial charge in [0, 0.05) is 17.3 Å². The van der Waals surface area contributed by atoms with E-state index in [0.29, 0.717) is 11.3 Å². The lowest BCUT2D eigenvalue weighted by atomic mass is 10.1. The summed E-state index contributed by atoms with van der Waals surface area (Å²) in [5, 5.41) is 3.00. The van der Waals surface area contributed by atoms with Crippen molar-refractivity contribution in [1.82, 2.24) is 5.32 Å². The van der Waals surface area contributed by atoms with Gasteiger partial charge in [0.05, 0.1) is 0 Å². The number of thioether (sulfide) groups is 1. The molecule has 3 N–H and O–H groups in total. The largest absolute Gasteiger partial charge is 0.399 e. The van der Waals surface area contributed by atoms with Crippen LogP contribution in [0.5, 0.6) is 0 Å². The van der Waals surface area contributed by atoms with Crippen LogP contribution in [-0.4, -0.2) is 23.5 Å². The maximum Gasteiger partial charge on any atom is 0.251 e. The molecule has 0 radical (unpaired) electrons. The lowest BCUT2D eigenvalue weighted by molar-refractivity contribution is 0.0939. The van der Waals surface area contributed by atoms with Gasteiger partial charge in [-0.1, -0.05) is 6.92 Å². The van der Waals surface area contributed by atoms with Crippen molar-refractivity contribution in [2.24, 2.45) is 0 Å². The molecule has 4 heteroatoms. The number of carbonyl (C=O) groups is 1. The van der Waals surface area contributed by atoms with Gasteiger partial charge in [0.25, 0.3) is 5.91 Å². The van der Waals surface area contributed by atoms with Crippen LogP contribution in [0.1, 0.15) is 36.2 Å². The number of anilines is 1. The minimum atomic E-state index is -0.0422. The predicted octanol–water partition coefficient (Wildman–Crippen LogP) is 2.84. The van der Waals surface area contributed by atoms with Crippen molar-refractivity contribution < 1.29 is 4.79 Å². The van der Waals surface area contributed by atoms with Crippen LogP contribution in [-0.2, 0) is 0 Å². The van der Waals surface area contributed by atoms with Crippen LogP contribution in [0.4, 0.5) is 5.69 Å². The summed E-state index contributed by atoms with van der Waals surface area (Å²) in [5.41, 5.74) is 8.03. The molecule has 1 aromatic rings. The number of hydrogen-bond donors (Lipinski definition) is 2. The zero-order valence-corrected chi connectivity index (χ0v) is 12.1. The Balaban J connectivity index is 2.54. The molecule has 0 aliphatic heterocycles. The van der Waals surface area contributed by atoms with Crippen LogP contribution in [0.2, 0.25) is 0 Å². The fourth-order valence-corrected chi connectivity index (χ4v) is 2.54. The van der Waals surface area contributed by atoms with Crippen LogP contribution >= 0.6 is 11.8 Å². The molecule has 1 atom stereocenters. The molecule has 0 aliphatic rings. The molecule has 0 aliphatic carbocycles. The molecule has 1 amide bonds. The molecular formula is C14H22N2OS. The average molecular weight is 266 g/mol. The van der Waals surface area contributed by atoms with Gasteiger partial charge in [-0.05, 0) is 55.5 Å². The molecule has 18 heavy (non-hydrogen) atoms. The first-order valence-corrected chi connectivity index (χ1v) is 7.44. The molecule has 0 bridgehead atoms. The predicted molar refractivity (Wildman–Crippen MR) is 80.1 cm³/mol. The van der Waals surface area contributed by atoms with Crippen molar-refractivity contribution in [3.63, 3.8) is 0 Å². The molecule has 0 saturated carbocycles. The normalized spacial score (nSPS) is 12.2. The third-order valence-corrected chi connectivity index (χ3v) is 3.57. The Morgan fingerprint density at radius 2 is 2.17 bits per heavy atom. The monoisotopic (exact) mass is 266 g/mol. The van der Waals surface area contributed by atoms with Gasteiger partial charge >= 0.3 is 0 Å². The van der Waals surface area contributed by atoms with E-state index in [4.69, 9.17) is 5.73 Å². The fraction of sp³-hybridized carbons (Fsp3) is 0.500. The quantitative estimate of drug-likeness (QED) is 0.615. The molecule has 0 aromatic heterocycles. The Bertz CT molecular complexity index is 387. The minimum Gasteiger partial charge on any atom is -0.399 e. The number of hydrogen-bond acceptors (Lipinski definition) is 3. The first-order valence-electron chi connectivity index (χ1n) is 6.28. The molecule has 3 nitrogen and oxygen atoms in total. The fourth-order valence-electron chi connectivity index (χ4n) is 1.73. The van der Waals surface area contributed by atoms with Crippen molar-refractivity contribution >= 4 is 23.4 Å². The van der Waals surface area contributed by atoms with E-state index in [0.717, 1.165) is 23.5 Å². The van der Waals surface area contributed by atoms with E-state index in [2.05, 4.69) is 12.2 Å². The standard InChI is InChI=1S/C14H22N2OS/c1-4-18-6-5-11(3)16-14(17)12-7-10(2)8-13(15)9-12/h7-9,11H,4-6,15H2,1-3H3,(H,16,17). The second-order valence-corrected chi connectivity index (χ2v) is 5.89. The Labute approximate surface area is 114 Å². The number of rotatable bonds is 6. The highest BCUT2D eigenvalue weighted by Gasteiger charge is 2.10. The lowest BCUT2D eigenvalue weighted by Crippen LogP contribution is -2.33. The highest BCUT2D eigenvalue weighted by molar-refractivity contribution is 7.99. The summed E-state index contributed by atoms with van der Waals surface area (Å²) in [6.07, 6.45) is 0.992. The van der Waals surface area contributed by atoms with Gasteiger partial charge in [0.1, 0.15) is 0 Å². The van der Waals surface area contributed by atoms with E-state index in [-0.39, 0.29) is 11.9 Å². The summed E-state index contributed by atoms with van der Waals surface area (Å²) in [6, 6.07) is 5.63. The topological polar surface area (TPSA) is 55.1 Å². The Morgan fingerprint density at radius 1 is 1.44 bits per heavy atom. The lowest BCUT2D eigenvalue weighted by Gasteiger charge is -2.14. The van der Waals surface area contributed by atoms with E-state index < -0.39 is 0 Å². The third-order valence-electron chi connectivity index (χ3n) is 2.64. The Morgan fingerprint density at radius 3 is 2.78 bits per heavy atom. The van der Waals surface area contributed by atoms with E-state index in [9.17, 15) is 4.79 Å². The van der Waals surface area contributed by atoms with Gasteiger partial charge < -0.3 is 11.1 Å². The molecule has 1 unspecified atom stereocenters. The first-order chi connectivity index (χ1) is 8.52. The second-order valence-electron chi connectivity index (χ2n) is 4.49. The van der Waals surface area contributed by atoms with Crippen LogP contribution in [0, 0.1) is 6.92 Å². The van der Waals surface area contributed by atoms with E-state index in [1.165, 1.54) is 0 Å². The highest BCUT2D eigenvalue weighted by atomic mass is 32.2. The van der Waals surface area contributed by atoms with Gasteiger partial charge in [-0.25, -0.2) is 0 Å². The van der Waals surface area contributed by atoms with Crippen LogP contribution in [0.25, 0.3) is 0 Å². The van der Waals surface area contributed by atoms with Crippen molar-refractivity contribution in [2.75, 3.05) is 17.2 Å². The molecule has 0 saturated heterocycles. The Hall–Kier alpha value is -1.16. The molecule has 0 heterocycles. The number of aryl methyl sites for hydroxylation is 1. The zero-order chi connectivity index (χ0) is 13.5. The second kappa shape index (κ2) is 7.31. The number of nitrogens with two attached hydrogens (primary N) is 1. The number of carbonyl (C=O) groups excluding carboxylic acids is 1. The number of amides is 1. The molecule has 1 aromatic carbocycles. The molecule has 1 rings (SSSR count). The average Bonchev–Trinajstić information content (AvgIpc) is 2.28. The minimum absolute atomic E-state index is 0.0422. The molecular weight excluding hydrogens is 244 g/mol. The van der Waals surface area contributed by atoms with Gasteiger partial charge in [-0.2, -0.15) is 11.8 Å². The van der Waals surface area contributed by atoms with Gasteiger partial charge in [-0.15, -0.1) is 0 Å². The number of benzene rings is 1. The van der Waals surface area contributed by atoms with Crippen LogP contribution in [0.15, 0.2) is 18.2 Å². The van der Waals surface area contributed by atoms with Gasteiger partial charge in [-0.3, -0.25) is 4.79 Å². The summed E-state index contributed by atoms with van der Waals surface area (Å²) in [5.74, 6) is 2.16. The summed E-state index contributed by atoms with van der Waals surface area (Å²) < 4.78 is 0. The zero-order valence-electron chi connectivity index (χ0n) is 11.3. The number of nitrogen functional groups attached to an aromatic ring is 1. The van der Waals surface area contributed by atoms with E-state index >= 15 is 0 Å². The smallest absolute Gasteiger partial charge is 0.251 e. The summed E-state index contributed by atoms with van der Waals surface area (Å²) in [4.78, 5) is 12.0. The van der Waals surface area contributed by atoms with Crippen molar-refractivity contribution in [2.45, 2.75) is 33.2 Å². The van der Waals surface area contributed by atoms with E-state index in [1.54, 1.807) is 6.07 Å². The summed E-state index contributed by atoms with van der Waals surface area (Å²) >= 11 is 1.89. The van der Waals surface area contributed by atoms with Gasteiger partial charge in [0.2, 0.25) is 0 Å². The molecule has 0 spiro atoms. The maximum absolute atomic E-state index is 12.0. The highest BCUT2D eigenvalue weighted by Crippen LogP contribution is 2.12. The first kappa shape index (κ1) is 14.9. The van der Waals surface area contributed by atoms with E-state index in [1.807, 2.05) is 37.7 Å². The van der Waals surface area contributed by atoms with Crippen molar-refractivity contribution in [1.29, 1.82) is 0 Å². The molecule has 100 valence electrons. The number of nitrogens with one attached hydrogen (secondary N) is 1. The SMILES string of the molecule is CCSCCC(C)NC(=O)c1cc(C)cc(N)c1. The summed E-state index contributed by atoms with van der Waals surface area (Å²) in [6.45, 7) is 6.12. The van der Waals surface area contributed by atoms with Crippen molar-refractivity contribution in [3.8, 4) is 0 Å². The van der Waals surface area contributed by atoms with Gasteiger partial charge in [0.15, 0.2) is 0 Å². The third kappa shape index (κ3) is 5.00. The van der Waals surface area contributed by atoms with Crippen LogP contribution in [0.3, 0.4) is 0 Å². The maximum atomic E-state index is 12.0. The molecule has 0 fully saturated rings. The summed E-state index contributed by atoms with van der Waals surface area (Å²) in [7, 11) is 0.